The Balaban J connectivity index is 1.77. The number of nitriles is 1. The Bertz CT molecular complexity index is 514. The summed E-state index contributed by atoms with van der Waals surface area (Å²) in [5.74, 6) is 2.78. The standard InChI is InChI=1S/C17H22N2/c1-12-4-3-5-15(10-18)17(12)19(2)11-16-9-13-6-7-14(16)8-13/h3-5,13-14,16H,6-9,11H2,1-2H3. The predicted molar refractivity (Wildman–Crippen MR) is 78.1 cm³/mol. The van der Waals surface area contributed by atoms with Crippen molar-refractivity contribution >= 4 is 5.69 Å². The van der Waals surface area contributed by atoms with Crippen molar-refractivity contribution < 1.29 is 0 Å². The molecule has 3 atom stereocenters. The lowest BCUT2D eigenvalue weighted by Gasteiger charge is -2.30. The average molecular weight is 254 g/mol. The van der Waals surface area contributed by atoms with E-state index in [1.807, 2.05) is 12.1 Å². The summed E-state index contributed by atoms with van der Waals surface area (Å²) in [6.45, 7) is 3.22. The zero-order valence-corrected chi connectivity index (χ0v) is 11.9. The molecule has 2 saturated carbocycles. The second-order valence-electron chi connectivity index (χ2n) is 6.40. The summed E-state index contributed by atoms with van der Waals surface area (Å²) in [6, 6.07) is 8.34. The van der Waals surface area contributed by atoms with Crippen LogP contribution in [-0.2, 0) is 0 Å². The normalized spacial score (nSPS) is 28.4. The first-order chi connectivity index (χ1) is 9.19. The molecule has 2 aliphatic carbocycles. The number of para-hydroxylation sites is 1. The van der Waals surface area contributed by atoms with Gasteiger partial charge in [-0.25, -0.2) is 0 Å². The molecule has 0 aliphatic heterocycles. The highest BCUT2D eigenvalue weighted by molar-refractivity contribution is 5.63. The monoisotopic (exact) mass is 254 g/mol. The number of aryl methyl sites for hydroxylation is 1. The van der Waals surface area contributed by atoms with E-state index in [1.165, 1.54) is 31.2 Å². The molecule has 0 heterocycles. The lowest BCUT2D eigenvalue weighted by molar-refractivity contribution is 0.337. The van der Waals surface area contributed by atoms with Gasteiger partial charge in [0.25, 0.3) is 0 Å². The summed E-state index contributed by atoms with van der Waals surface area (Å²) in [4.78, 5) is 2.32. The molecule has 1 aromatic carbocycles. The van der Waals surface area contributed by atoms with E-state index in [1.54, 1.807) is 0 Å². The minimum atomic E-state index is 0.811. The first-order valence-corrected chi connectivity index (χ1v) is 7.40. The van der Waals surface area contributed by atoms with Crippen LogP contribution in [-0.4, -0.2) is 13.6 Å². The fourth-order valence-corrected chi connectivity index (χ4v) is 4.30. The van der Waals surface area contributed by atoms with Crippen LogP contribution in [0.5, 0.6) is 0 Å². The van der Waals surface area contributed by atoms with Crippen LogP contribution in [0.4, 0.5) is 5.69 Å². The van der Waals surface area contributed by atoms with Crippen molar-refractivity contribution in [3.8, 4) is 6.07 Å². The largest absolute Gasteiger partial charge is 0.373 e. The fraction of sp³-hybridized carbons (Fsp3) is 0.588. The molecule has 2 heteroatoms. The van der Waals surface area contributed by atoms with Gasteiger partial charge in [-0.15, -0.1) is 0 Å². The number of anilines is 1. The highest BCUT2D eigenvalue weighted by Gasteiger charge is 2.39. The first-order valence-electron chi connectivity index (χ1n) is 7.40. The van der Waals surface area contributed by atoms with Crippen LogP contribution < -0.4 is 4.90 Å². The van der Waals surface area contributed by atoms with Gasteiger partial charge in [0.05, 0.1) is 11.3 Å². The van der Waals surface area contributed by atoms with Gasteiger partial charge in [-0.05, 0) is 55.6 Å². The van der Waals surface area contributed by atoms with Gasteiger partial charge >= 0.3 is 0 Å². The molecule has 3 rings (SSSR count). The molecule has 2 fully saturated rings. The van der Waals surface area contributed by atoms with Crippen molar-refractivity contribution in [2.45, 2.75) is 32.6 Å². The highest BCUT2D eigenvalue weighted by atomic mass is 15.1. The molecule has 3 unspecified atom stereocenters. The van der Waals surface area contributed by atoms with E-state index in [2.05, 4.69) is 31.0 Å². The molecular formula is C17H22N2. The SMILES string of the molecule is Cc1cccc(C#N)c1N(C)CC1CC2CCC1C2. The Hall–Kier alpha value is -1.49. The van der Waals surface area contributed by atoms with Crippen LogP contribution >= 0.6 is 0 Å². The van der Waals surface area contributed by atoms with Crippen LogP contribution in [0.2, 0.25) is 0 Å². The van der Waals surface area contributed by atoms with Gasteiger partial charge in [-0.3, -0.25) is 0 Å². The van der Waals surface area contributed by atoms with E-state index >= 15 is 0 Å². The van der Waals surface area contributed by atoms with Crippen molar-refractivity contribution in [2.24, 2.45) is 17.8 Å². The van der Waals surface area contributed by atoms with Crippen LogP contribution in [0.1, 0.15) is 36.8 Å². The van der Waals surface area contributed by atoms with Crippen LogP contribution in [0.15, 0.2) is 18.2 Å². The molecule has 0 amide bonds. The molecule has 0 saturated heterocycles. The summed E-state index contributed by atoms with van der Waals surface area (Å²) in [7, 11) is 2.15. The highest BCUT2D eigenvalue weighted by Crippen LogP contribution is 2.48. The summed E-state index contributed by atoms with van der Waals surface area (Å²) >= 11 is 0. The molecule has 0 spiro atoms. The van der Waals surface area contributed by atoms with E-state index in [4.69, 9.17) is 0 Å². The molecule has 0 radical (unpaired) electrons. The average Bonchev–Trinajstić information content (AvgIpc) is 3.00. The number of hydrogen-bond donors (Lipinski definition) is 0. The van der Waals surface area contributed by atoms with Crippen molar-refractivity contribution in [3.05, 3.63) is 29.3 Å². The van der Waals surface area contributed by atoms with Gasteiger partial charge in [0, 0.05) is 13.6 Å². The fourth-order valence-electron chi connectivity index (χ4n) is 4.30. The number of benzene rings is 1. The predicted octanol–water partition coefficient (Wildman–Crippen LogP) is 3.74. The number of rotatable bonds is 3. The van der Waals surface area contributed by atoms with Gasteiger partial charge in [0.1, 0.15) is 6.07 Å². The van der Waals surface area contributed by atoms with E-state index in [0.717, 1.165) is 35.5 Å². The molecule has 1 aromatic rings. The molecule has 0 N–H and O–H groups in total. The third-order valence-corrected chi connectivity index (χ3v) is 5.13. The molecule has 19 heavy (non-hydrogen) atoms. The molecule has 100 valence electrons. The van der Waals surface area contributed by atoms with Crippen molar-refractivity contribution in [2.75, 3.05) is 18.5 Å². The van der Waals surface area contributed by atoms with Gasteiger partial charge in [-0.2, -0.15) is 5.26 Å². The summed E-state index contributed by atoms with van der Waals surface area (Å²) in [5, 5.41) is 9.28. The van der Waals surface area contributed by atoms with E-state index in [9.17, 15) is 5.26 Å². The Kier molecular flexibility index (Phi) is 3.22. The van der Waals surface area contributed by atoms with E-state index in [-0.39, 0.29) is 0 Å². The minimum absolute atomic E-state index is 0.811. The lowest BCUT2D eigenvalue weighted by atomic mass is 9.88. The summed E-state index contributed by atoms with van der Waals surface area (Å²) in [5.41, 5.74) is 3.16. The Morgan fingerprint density at radius 1 is 1.32 bits per heavy atom. The van der Waals surface area contributed by atoms with Gasteiger partial charge in [0.2, 0.25) is 0 Å². The smallest absolute Gasteiger partial charge is 0.101 e. The van der Waals surface area contributed by atoms with Crippen LogP contribution in [0.25, 0.3) is 0 Å². The van der Waals surface area contributed by atoms with Gasteiger partial charge < -0.3 is 4.90 Å². The maximum Gasteiger partial charge on any atom is 0.101 e. The van der Waals surface area contributed by atoms with Crippen molar-refractivity contribution in [1.29, 1.82) is 5.26 Å². The van der Waals surface area contributed by atoms with Crippen molar-refractivity contribution in [3.63, 3.8) is 0 Å². The van der Waals surface area contributed by atoms with E-state index < -0.39 is 0 Å². The molecule has 2 aliphatic rings. The number of hydrogen-bond acceptors (Lipinski definition) is 2. The minimum Gasteiger partial charge on any atom is -0.373 e. The topological polar surface area (TPSA) is 27.0 Å². The maximum absolute atomic E-state index is 9.28. The Morgan fingerprint density at radius 3 is 2.79 bits per heavy atom. The second-order valence-corrected chi connectivity index (χ2v) is 6.40. The van der Waals surface area contributed by atoms with Gasteiger partial charge in [-0.1, -0.05) is 18.6 Å². The second kappa shape index (κ2) is 4.89. The third kappa shape index (κ3) is 2.23. The summed E-state index contributed by atoms with van der Waals surface area (Å²) in [6.07, 6.45) is 5.75. The summed E-state index contributed by atoms with van der Waals surface area (Å²) < 4.78 is 0. The molecule has 0 aromatic heterocycles. The van der Waals surface area contributed by atoms with Gasteiger partial charge in [0.15, 0.2) is 0 Å². The number of fused-ring (bicyclic) bond motifs is 2. The first kappa shape index (κ1) is 12.5. The zero-order chi connectivity index (χ0) is 13.4. The lowest BCUT2D eigenvalue weighted by Crippen LogP contribution is -2.29. The van der Waals surface area contributed by atoms with Crippen molar-refractivity contribution in [1.82, 2.24) is 0 Å². The molecular weight excluding hydrogens is 232 g/mol. The zero-order valence-electron chi connectivity index (χ0n) is 11.9. The molecule has 2 nitrogen and oxygen atoms in total. The number of nitrogens with zero attached hydrogens (tertiary/aromatic N) is 2. The van der Waals surface area contributed by atoms with E-state index in [0.29, 0.717) is 0 Å². The maximum atomic E-state index is 9.28. The Morgan fingerprint density at radius 2 is 2.16 bits per heavy atom. The van der Waals surface area contributed by atoms with Crippen LogP contribution in [0.3, 0.4) is 0 Å². The molecule has 2 bridgehead atoms. The third-order valence-electron chi connectivity index (χ3n) is 5.13. The van der Waals surface area contributed by atoms with Crippen LogP contribution in [0, 0.1) is 36.0 Å². The Labute approximate surface area is 116 Å². The quantitative estimate of drug-likeness (QED) is 0.821.